The molecule has 28 heavy (non-hydrogen) atoms. The number of aromatic nitrogens is 2. The molecule has 6 nitrogen and oxygen atoms in total. The quantitative estimate of drug-likeness (QED) is 0.700. The molecule has 0 bridgehead atoms. The van der Waals surface area contributed by atoms with E-state index in [9.17, 15) is 9.18 Å². The van der Waals surface area contributed by atoms with E-state index in [-0.39, 0.29) is 5.02 Å². The zero-order valence-electron chi connectivity index (χ0n) is 14.7. The van der Waals surface area contributed by atoms with E-state index < -0.39 is 11.9 Å². The standard InChI is InChI=1S/C20H16ClFN4O2/c21-16-10-13(6-7-17(16)22)25-19-15-11-26(9-8-18(15)23-12-24-19)20(27)28-14-4-2-1-3-5-14/h1-7,10,12H,8-9,11H2,(H,23,24,25). The van der Waals surface area contributed by atoms with Gasteiger partial charge in [0.1, 0.15) is 23.7 Å². The van der Waals surface area contributed by atoms with Crippen LogP contribution in [0.25, 0.3) is 0 Å². The predicted octanol–water partition coefficient (Wildman–Crippen LogP) is 4.57. The molecular formula is C20H16ClFN4O2. The molecule has 1 aromatic heterocycles. The summed E-state index contributed by atoms with van der Waals surface area (Å²) >= 11 is 5.85. The summed E-state index contributed by atoms with van der Waals surface area (Å²) in [5, 5.41) is 3.14. The van der Waals surface area contributed by atoms with Gasteiger partial charge in [-0.1, -0.05) is 29.8 Å². The molecular weight excluding hydrogens is 383 g/mol. The molecule has 1 aliphatic heterocycles. The largest absolute Gasteiger partial charge is 0.415 e. The third kappa shape index (κ3) is 3.89. The van der Waals surface area contributed by atoms with Gasteiger partial charge in [-0.05, 0) is 30.3 Å². The monoisotopic (exact) mass is 398 g/mol. The third-order valence-electron chi connectivity index (χ3n) is 4.39. The summed E-state index contributed by atoms with van der Waals surface area (Å²) < 4.78 is 18.8. The number of hydrogen-bond acceptors (Lipinski definition) is 5. The number of nitrogens with one attached hydrogen (secondary N) is 1. The molecule has 0 spiro atoms. The Morgan fingerprint density at radius 1 is 1.18 bits per heavy atom. The second kappa shape index (κ2) is 7.82. The minimum atomic E-state index is -0.494. The lowest BCUT2D eigenvalue weighted by Crippen LogP contribution is -2.38. The van der Waals surface area contributed by atoms with Gasteiger partial charge in [-0.15, -0.1) is 0 Å². The van der Waals surface area contributed by atoms with Crippen molar-refractivity contribution in [1.82, 2.24) is 14.9 Å². The summed E-state index contributed by atoms with van der Waals surface area (Å²) in [7, 11) is 0. The maximum absolute atomic E-state index is 13.4. The van der Waals surface area contributed by atoms with Crippen LogP contribution in [0.3, 0.4) is 0 Å². The minimum absolute atomic E-state index is 0.0148. The molecule has 1 aliphatic rings. The first-order chi connectivity index (χ1) is 13.6. The highest BCUT2D eigenvalue weighted by Crippen LogP contribution is 2.28. The molecule has 1 N–H and O–H groups in total. The van der Waals surface area contributed by atoms with Crippen molar-refractivity contribution in [2.45, 2.75) is 13.0 Å². The normalized spacial score (nSPS) is 13.0. The molecule has 0 fully saturated rings. The molecule has 2 heterocycles. The highest BCUT2D eigenvalue weighted by atomic mass is 35.5. The van der Waals surface area contributed by atoms with E-state index in [2.05, 4.69) is 15.3 Å². The van der Waals surface area contributed by atoms with Crippen molar-refractivity contribution in [3.63, 3.8) is 0 Å². The summed E-state index contributed by atoms with van der Waals surface area (Å²) in [6.07, 6.45) is 1.61. The van der Waals surface area contributed by atoms with Gasteiger partial charge in [0.05, 0.1) is 17.3 Å². The van der Waals surface area contributed by atoms with E-state index in [4.69, 9.17) is 16.3 Å². The van der Waals surface area contributed by atoms with Gasteiger partial charge in [0, 0.05) is 24.2 Å². The van der Waals surface area contributed by atoms with Gasteiger partial charge in [0.15, 0.2) is 0 Å². The highest BCUT2D eigenvalue weighted by Gasteiger charge is 2.26. The zero-order chi connectivity index (χ0) is 19.5. The first-order valence-electron chi connectivity index (χ1n) is 8.67. The number of amides is 1. The van der Waals surface area contributed by atoms with Crippen LogP contribution >= 0.6 is 11.6 Å². The predicted molar refractivity (Wildman–Crippen MR) is 103 cm³/mol. The van der Waals surface area contributed by atoms with Crippen LogP contribution in [0.2, 0.25) is 5.02 Å². The molecule has 0 atom stereocenters. The number of carbonyl (C=O) groups excluding carboxylic acids is 1. The number of rotatable bonds is 3. The van der Waals surface area contributed by atoms with Crippen LogP contribution < -0.4 is 10.1 Å². The Kier molecular flexibility index (Phi) is 5.08. The number of anilines is 2. The number of carbonyl (C=O) groups is 1. The Balaban J connectivity index is 1.54. The maximum Gasteiger partial charge on any atom is 0.415 e. The summed E-state index contributed by atoms with van der Waals surface area (Å²) in [5.74, 6) is 0.540. The molecule has 0 radical (unpaired) electrons. The summed E-state index contributed by atoms with van der Waals surface area (Å²) in [6, 6.07) is 13.2. The Hall–Kier alpha value is -3.19. The van der Waals surface area contributed by atoms with Crippen LogP contribution in [0, 0.1) is 5.82 Å². The molecule has 4 rings (SSSR count). The van der Waals surface area contributed by atoms with Gasteiger partial charge in [-0.2, -0.15) is 0 Å². The molecule has 8 heteroatoms. The number of halogens is 2. The smallest absolute Gasteiger partial charge is 0.410 e. The number of nitrogens with zero attached hydrogens (tertiary/aromatic N) is 3. The average molecular weight is 399 g/mol. The summed E-state index contributed by atoms with van der Waals surface area (Å²) in [6.45, 7) is 0.802. The highest BCUT2D eigenvalue weighted by molar-refractivity contribution is 6.31. The Morgan fingerprint density at radius 2 is 2.00 bits per heavy atom. The van der Waals surface area contributed by atoms with Crippen molar-refractivity contribution in [3.05, 3.63) is 77.0 Å². The number of hydrogen-bond donors (Lipinski definition) is 1. The van der Waals surface area contributed by atoms with E-state index in [0.29, 0.717) is 36.8 Å². The Bertz CT molecular complexity index is 1020. The Labute approximate surface area is 165 Å². The molecule has 0 aliphatic carbocycles. The van der Waals surface area contributed by atoms with Crippen molar-refractivity contribution in [2.75, 3.05) is 11.9 Å². The molecule has 0 saturated heterocycles. The van der Waals surface area contributed by atoms with E-state index in [1.165, 1.54) is 18.5 Å². The van der Waals surface area contributed by atoms with Gasteiger partial charge >= 0.3 is 6.09 Å². The first-order valence-corrected chi connectivity index (χ1v) is 9.04. The summed E-state index contributed by atoms with van der Waals surface area (Å²) in [5.41, 5.74) is 2.24. The second-order valence-corrected chi connectivity index (χ2v) is 6.66. The topological polar surface area (TPSA) is 67.3 Å². The number of ether oxygens (including phenoxy) is 1. The van der Waals surface area contributed by atoms with Gasteiger partial charge in [0.25, 0.3) is 0 Å². The summed E-state index contributed by atoms with van der Waals surface area (Å²) in [4.78, 5) is 22.7. The van der Waals surface area contributed by atoms with Gasteiger partial charge in [-0.3, -0.25) is 0 Å². The van der Waals surface area contributed by atoms with Crippen LogP contribution in [0.5, 0.6) is 5.75 Å². The zero-order valence-corrected chi connectivity index (χ0v) is 15.5. The lowest BCUT2D eigenvalue weighted by molar-refractivity contribution is 0.146. The maximum atomic E-state index is 13.4. The fourth-order valence-corrected chi connectivity index (χ4v) is 3.15. The molecule has 142 valence electrons. The van der Waals surface area contributed by atoms with Crippen molar-refractivity contribution in [1.29, 1.82) is 0 Å². The minimum Gasteiger partial charge on any atom is -0.410 e. The SMILES string of the molecule is O=C(Oc1ccccc1)N1CCc2ncnc(Nc3ccc(F)c(Cl)c3)c2C1. The van der Waals surface area contributed by atoms with Gasteiger partial charge in [0.2, 0.25) is 0 Å². The molecule has 3 aromatic rings. The number of para-hydroxylation sites is 1. The van der Waals surface area contributed by atoms with Crippen LogP contribution in [0.15, 0.2) is 54.9 Å². The van der Waals surface area contributed by atoms with Crippen molar-refractivity contribution in [2.24, 2.45) is 0 Å². The molecule has 1 amide bonds. The first kappa shape index (κ1) is 18.2. The van der Waals surface area contributed by atoms with Crippen molar-refractivity contribution in [3.8, 4) is 5.75 Å². The Morgan fingerprint density at radius 3 is 2.79 bits per heavy atom. The van der Waals surface area contributed by atoms with Crippen LogP contribution in [-0.2, 0) is 13.0 Å². The lowest BCUT2D eigenvalue weighted by atomic mass is 10.1. The van der Waals surface area contributed by atoms with Crippen molar-refractivity contribution < 1.29 is 13.9 Å². The average Bonchev–Trinajstić information content (AvgIpc) is 2.71. The fraction of sp³-hybridized carbons (Fsp3) is 0.150. The van der Waals surface area contributed by atoms with Crippen LogP contribution in [0.4, 0.5) is 20.7 Å². The van der Waals surface area contributed by atoms with E-state index in [0.717, 1.165) is 11.3 Å². The van der Waals surface area contributed by atoms with Crippen LogP contribution in [0.1, 0.15) is 11.3 Å². The van der Waals surface area contributed by atoms with E-state index in [1.807, 2.05) is 6.07 Å². The lowest BCUT2D eigenvalue weighted by Gasteiger charge is -2.28. The number of benzene rings is 2. The van der Waals surface area contributed by atoms with E-state index >= 15 is 0 Å². The van der Waals surface area contributed by atoms with Gasteiger partial charge in [-0.25, -0.2) is 19.2 Å². The third-order valence-corrected chi connectivity index (χ3v) is 4.68. The second-order valence-electron chi connectivity index (χ2n) is 6.25. The molecule has 0 unspecified atom stereocenters. The van der Waals surface area contributed by atoms with Crippen molar-refractivity contribution >= 4 is 29.2 Å². The number of fused-ring (bicyclic) bond motifs is 1. The van der Waals surface area contributed by atoms with Gasteiger partial charge < -0.3 is 15.0 Å². The van der Waals surface area contributed by atoms with E-state index in [1.54, 1.807) is 35.2 Å². The fourth-order valence-electron chi connectivity index (χ4n) is 2.97. The molecule has 0 saturated carbocycles. The van der Waals surface area contributed by atoms with Crippen LogP contribution in [-0.4, -0.2) is 27.5 Å². The molecule has 2 aromatic carbocycles.